The van der Waals surface area contributed by atoms with E-state index in [0.29, 0.717) is 12.0 Å². The summed E-state index contributed by atoms with van der Waals surface area (Å²) in [5.74, 6) is 0.716. The summed E-state index contributed by atoms with van der Waals surface area (Å²) in [5, 5.41) is 0. The molecule has 0 amide bonds. The highest BCUT2D eigenvalue weighted by Gasteiger charge is 2.28. The molecule has 3 atom stereocenters. The molecule has 14 heavy (non-hydrogen) atoms. The normalized spacial score (nSPS) is 29.4. The molecular formula is C12H28N2. The number of nitrogens with zero attached hydrogens (tertiary/aromatic N) is 1. The summed E-state index contributed by atoms with van der Waals surface area (Å²) in [4.78, 5) is 2.34. The molecule has 0 bridgehead atoms. The summed E-state index contributed by atoms with van der Waals surface area (Å²) in [6.45, 7) is 6.15. The summed E-state index contributed by atoms with van der Waals surface area (Å²) in [6.07, 6.45) is 5.41. The average molecular weight is 200 g/mol. The fourth-order valence-corrected chi connectivity index (χ4v) is 2.39. The van der Waals surface area contributed by atoms with Crippen molar-refractivity contribution in [3.05, 3.63) is 0 Å². The lowest BCUT2D eigenvalue weighted by Crippen LogP contribution is -2.45. The zero-order valence-corrected chi connectivity index (χ0v) is 10.6. The first-order valence-corrected chi connectivity index (χ1v) is 6.05. The molecule has 0 saturated heterocycles. The first-order valence-electron chi connectivity index (χ1n) is 6.05. The Morgan fingerprint density at radius 3 is 2.00 bits per heavy atom. The number of nitrogens with two attached hydrogens (primary N) is 1. The van der Waals surface area contributed by atoms with Crippen LogP contribution in [0.15, 0.2) is 0 Å². The quantitative estimate of drug-likeness (QED) is 0.742. The van der Waals surface area contributed by atoms with Crippen LogP contribution in [0, 0.1) is 5.92 Å². The molecule has 0 aromatic heterocycles. The number of rotatable bonds is 2. The van der Waals surface area contributed by atoms with E-state index >= 15 is 0 Å². The highest BCUT2D eigenvalue weighted by Crippen LogP contribution is 2.28. The van der Waals surface area contributed by atoms with E-state index in [1.54, 1.807) is 0 Å². The van der Waals surface area contributed by atoms with Gasteiger partial charge >= 0.3 is 0 Å². The Bertz CT molecular complexity index is 116. The van der Waals surface area contributed by atoms with Crippen LogP contribution in [0.2, 0.25) is 0 Å². The number of hydrogen-bond acceptors (Lipinski definition) is 2. The first-order chi connectivity index (χ1) is 6.63. The van der Waals surface area contributed by atoms with Gasteiger partial charge in [-0.3, -0.25) is 0 Å². The van der Waals surface area contributed by atoms with Gasteiger partial charge < -0.3 is 10.6 Å². The second-order valence-electron chi connectivity index (χ2n) is 4.34. The van der Waals surface area contributed by atoms with E-state index in [9.17, 15) is 0 Å². The van der Waals surface area contributed by atoms with E-state index in [2.05, 4.69) is 25.9 Å². The summed E-state index contributed by atoms with van der Waals surface area (Å²) in [7, 11) is 4.34. The predicted octanol–water partition coefficient (Wildman–Crippen LogP) is 2.48. The van der Waals surface area contributed by atoms with Crippen LogP contribution in [-0.2, 0) is 0 Å². The molecule has 2 heteroatoms. The smallest absolute Gasteiger partial charge is 0.0132 e. The van der Waals surface area contributed by atoms with Gasteiger partial charge in [0.1, 0.15) is 0 Å². The molecule has 0 spiro atoms. The van der Waals surface area contributed by atoms with Gasteiger partial charge in [-0.15, -0.1) is 0 Å². The Hall–Kier alpha value is -0.0800. The second-order valence-corrected chi connectivity index (χ2v) is 4.34. The third-order valence-electron chi connectivity index (χ3n) is 3.12. The molecule has 0 aromatic carbocycles. The standard InChI is InChI=1S/C10H22N2.C2H6/c1-8(11)9-6-4-5-7-10(9)12(2)3;1-2/h8-10H,4-7,11H2,1-3H3;1-2H3. The van der Waals surface area contributed by atoms with Crippen molar-refractivity contribution in [1.82, 2.24) is 4.90 Å². The van der Waals surface area contributed by atoms with Crippen LogP contribution >= 0.6 is 0 Å². The minimum absolute atomic E-state index is 0.359. The van der Waals surface area contributed by atoms with E-state index in [0.717, 1.165) is 6.04 Å². The van der Waals surface area contributed by atoms with Crippen molar-refractivity contribution >= 4 is 0 Å². The lowest BCUT2D eigenvalue weighted by molar-refractivity contribution is 0.139. The molecule has 3 unspecified atom stereocenters. The second kappa shape index (κ2) is 7.24. The minimum Gasteiger partial charge on any atom is -0.328 e. The molecule has 1 aliphatic carbocycles. The van der Waals surface area contributed by atoms with Crippen LogP contribution in [0.3, 0.4) is 0 Å². The molecule has 1 aliphatic rings. The Morgan fingerprint density at radius 1 is 1.14 bits per heavy atom. The maximum absolute atomic E-state index is 5.97. The van der Waals surface area contributed by atoms with Gasteiger partial charge in [-0.25, -0.2) is 0 Å². The van der Waals surface area contributed by atoms with E-state index in [4.69, 9.17) is 5.73 Å². The molecule has 0 aromatic rings. The van der Waals surface area contributed by atoms with E-state index < -0.39 is 0 Å². The van der Waals surface area contributed by atoms with Crippen molar-refractivity contribution < 1.29 is 0 Å². The van der Waals surface area contributed by atoms with E-state index in [-0.39, 0.29) is 0 Å². The van der Waals surface area contributed by atoms with Gasteiger partial charge in [0.2, 0.25) is 0 Å². The molecule has 0 aliphatic heterocycles. The van der Waals surface area contributed by atoms with Crippen molar-refractivity contribution in [2.45, 2.75) is 58.5 Å². The lowest BCUT2D eigenvalue weighted by Gasteiger charge is -2.38. The van der Waals surface area contributed by atoms with Gasteiger partial charge in [-0.1, -0.05) is 26.7 Å². The molecule has 86 valence electrons. The van der Waals surface area contributed by atoms with Gasteiger partial charge in [-0.2, -0.15) is 0 Å². The fourth-order valence-electron chi connectivity index (χ4n) is 2.39. The maximum atomic E-state index is 5.97. The van der Waals surface area contributed by atoms with Crippen LogP contribution in [0.4, 0.5) is 0 Å². The molecule has 0 radical (unpaired) electrons. The molecule has 1 rings (SSSR count). The van der Waals surface area contributed by atoms with Crippen molar-refractivity contribution in [1.29, 1.82) is 0 Å². The van der Waals surface area contributed by atoms with Crippen LogP contribution in [-0.4, -0.2) is 31.1 Å². The van der Waals surface area contributed by atoms with E-state index in [1.807, 2.05) is 13.8 Å². The average Bonchev–Trinajstić information content (AvgIpc) is 2.20. The van der Waals surface area contributed by atoms with Crippen molar-refractivity contribution in [2.24, 2.45) is 11.7 Å². The Balaban J connectivity index is 0.000000791. The largest absolute Gasteiger partial charge is 0.328 e. The highest BCUT2D eigenvalue weighted by molar-refractivity contribution is 4.85. The minimum atomic E-state index is 0.359. The number of hydrogen-bond donors (Lipinski definition) is 1. The Kier molecular flexibility index (Phi) is 7.20. The van der Waals surface area contributed by atoms with Gasteiger partial charge in [0, 0.05) is 12.1 Å². The zero-order chi connectivity index (χ0) is 11.1. The summed E-state index contributed by atoms with van der Waals surface area (Å²) >= 11 is 0. The van der Waals surface area contributed by atoms with Crippen molar-refractivity contribution in [2.75, 3.05) is 14.1 Å². The third kappa shape index (κ3) is 3.97. The third-order valence-corrected chi connectivity index (χ3v) is 3.12. The monoisotopic (exact) mass is 200 g/mol. The molecule has 2 nitrogen and oxygen atoms in total. The predicted molar refractivity (Wildman–Crippen MR) is 64.4 cm³/mol. The molecular weight excluding hydrogens is 172 g/mol. The Labute approximate surface area is 89.9 Å². The first kappa shape index (κ1) is 13.9. The zero-order valence-electron chi connectivity index (χ0n) is 10.6. The molecule has 2 N–H and O–H groups in total. The highest BCUT2D eigenvalue weighted by atomic mass is 15.1. The SMILES string of the molecule is CC.CC(N)C1CCCCC1N(C)C. The van der Waals surface area contributed by atoms with Gasteiger partial charge in [-0.05, 0) is 39.8 Å². The molecule has 1 saturated carbocycles. The summed E-state index contributed by atoms with van der Waals surface area (Å²) < 4.78 is 0. The van der Waals surface area contributed by atoms with Crippen LogP contribution < -0.4 is 5.73 Å². The van der Waals surface area contributed by atoms with E-state index in [1.165, 1.54) is 25.7 Å². The van der Waals surface area contributed by atoms with Crippen LogP contribution in [0.5, 0.6) is 0 Å². The van der Waals surface area contributed by atoms with Gasteiger partial charge in [0.05, 0.1) is 0 Å². The topological polar surface area (TPSA) is 29.3 Å². The fraction of sp³-hybridized carbons (Fsp3) is 1.00. The lowest BCUT2D eigenvalue weighted by atomic mass is 9.80. The van der Waals surface area contributed by atoms with Crippen LogP contribution in [0.1, 0.15) is 46.5 Å². The molecule has 0 heterocycles. The molecule has 1 fully saturated rings. The maximum Gasteiger partial charge on any atom is 0.0132 e. The summed E-state index contributed by atoms with van der Waals surface area (Å²) in [6, 6.07) is 1.08. The van der Waals surface area contributed by atoms with Crippen molar-refractivity contribution in [3.63, 3.8) is 0 Å². The van der Waals surface area contributed by atoms with Crippen molar-refractivity contribution in [3.8, 4) is 0 Å². The Morgan fingerprint density at radius 2 is 1.64 bits per heavy atom. The summed E-state index contributed by atoms with van der Waals surface area (Å²) in [5.41, 5.74) is 5.97. The van der Waals surface area contributed by atoms with Gasteiger partial charge in [0.25, 0.3) is 0 Å². The van der Waals surface area contributed by atoms with Crippen LogP contribution in [0.25, 0.3) is 0 Å². The van der Waals surface area contributed by atoms with Gasteiger partial charge in [0.15, 0.2) is 0 Å².